The minimum Gasteiger partial charge on any atom is -0.497 e. The van der Waals surface area contributed by atoms with Gasteiger partial charge in [0.25, 0.3) is 17.0 Å². The molecule has 0 saturated heterocycles. The van der Waals surface area contributed by atoms with E-state index in [0.717, 1.165) is 10.8 Å². The van der Waals surface area contributed by atoms with Gasteiger partial charge in [-0.05, 0) is 36.4 Å². The van der Waals surface area contributed by atoms with Crippen molar-refractivity contribution in [1.82, 2.24) is 34.4 Å². The third-order valence-corrected chi connectivity index (χ3v) is 4.75. The first kappa shape index (κ1) is 21.5. The van der Waals surface area contributed by atoms with E-state index in [1.165, 1.54) is 40.7 Å². The van der Waals surface area contributed by atoms with E-state index in [0.29, 0.717) is 11.6 Å². The number of nitrogens with zero attached hydrogens (tertiary/aromatic N) is 5. The Kier molecular flexibility index (Phi) is 5.98. The second-order valence-corrected chi connectivity index (χ2v) is 6.81. The Labute approximate surface area is 185 Å². The van der Waals surface area contributed by atoms with Gasteiger partial charge < -0.3 is 15.0 Å². The number of amides is 1. The lowest BCUT2D eigenvalue weighted by Crippen LogP contribution is -2.40. The maximum absolute atomic E-state index is 12.8. The predicted octanol–water partition coefficient (Wildman–Crippen LogP) is -0.293. The van der Waals surface area contributed by atoms with Crippen LogP contribution in [-0.2, 0) is 6.54 Å². The van der Waals surface area contributed by atoms with Crippen LogP contribution in [0.1, 0.15) is 10.4 Å². The van der Waals surface area contributed by atoms with Gasteiger partial charge in [-0.3, -0.25) is 14.4 Å². The molecule has 0 bridgehead atoms. The fourth-order valence-corrected chi connectivity index (χ4v) is 3.10. The molecular formula is C21H19N7O5. The van der Waals surface area contributed by atoms with Crippen molar-refractivity contribution in [1.29, 1.82) is 0 Å². The minimum atomic E-state index is -0.780. The number of carbonyl (C=O) groups excluding carboxylic acids is 1. The number of carbonyl (C=O) groups is 1. The van der Waals surface area contributed by atoms with Gasteiger partial charge in [0.15, 0.2) is 5.82 Å². The van der Waals surface area contributed by atoms with Crippen LogP contribution in [0.5, 0.6) is 5.75 Å². The monoisotopic (exact) mass is 449 g/mol. The summed E-state index contributed by atoms with van der Waals surface area (Å²) < 4.78 is 8.61. The number of hydrogen-bond donors (Lipinski definition) is 2. The molecule has 0 aliphatic heterocycles. The number of hydrogen-bond acceptors (Lipinski definition) is 7. The van der Waals surface area contributed by atoms with E-state index in [-0.39, 0.29) is 29.9 Å². The first-order valence-corrected chi connectivity index (χ1v) is 9.83. The molecule has 2 N–H and O–H groups in total. The molecule has 0 spiro atoms. The topological polar surface area (TPSA) is 146 Å². The Bertz CT molecular complexity index is 1450. The summed E-state index contributed by atoms with van der Waals surface area (Å²) >= 11 is 0. The van der Waals surface area contributed by atoms with E-state index in [9.17, 15) is 19.2 Å². The van der Waals surface area contributed by atoms with E-state index in [4.69, 9.17) is 4.74 Å². The minimum absolute atomic E-state index is 0.0232. The van der Waals surface area contributed by atoms with Crippen LogP contribution < -0.4 is 26.9 Å². The lowest BCUT2D eigenvalue weighted by molar-refractivity contribution is 0.0949. The average Bonchev–Trinajstić information content (AvgIpc) is 3.36. The highest BCUT2D eigenvalue weighted by molar-refractivity contribution is 5.93. The first-order chi connectivity index (χ1) is 16.0. The zero-order valence-corrected chi connectivity index (χ0v) is 17.5. The smallest absolute Gasteiger partial charge is 0.333 e. The van der Waals surface area contributed by atoms with Gasteiger partial charge in [0.05, 0.1) is 19.3 Å². The molecule has 0 fully saturated rings. The molecule has 0 aliphatic rings. The highest BCUT2D eigenvalue weighted by Gasteiger charge is 2.16. The molecule has 4 rings (SSSR count). The summed E-state index contributed by atoms with van der Waals surface area (Å²) in [5.41, 5.74) is -1.80. The zero-order valence-electron chi connectivity index (χ0n) is 17.5. The molecule has 0 atom stereocenters. The van der Waals surface area contributed by atoms with Crippen molar-refractivity contribution in [2.24, 2.45) is 0 Å². The van der Waals surface area contributed by atoms with Crippen molar-refractivity contribution in [3.05, 3.63) is 97.8 Å². The molecule has 1 aromatic carbocycles. The fraction of sp³-hybridized carbons (Fsp3) is 0.143. The summed E-state index contributed by atoms with van der Waals surface area (Å²) in [6, 6.07) is 10.9. The van der Waals surface area contributed by atoms with E-state index >= 15 is 0 Å². The Hall–Kier alpha value is -4.74. The number of methoxy groups -OCH3 is 1. The van der Waals surface area contributed by atoms with Crippen LogP contribution >= 0.6 is 0 Å². The molecule has 168 valence electrons. The molecule has 3 heterocycles. The van der Waals surface area contributed by atoms with Crippen LogP contribution in [-0.4, -0.2) is 48.7 Å². The third kappa shape index (κ3) is 4.49. The zero-order chi connectivity index (χ0) is 23.4. The van der Waals surface area contributed by atoms with Gasteiger partial charge in [0.1, 0.15) is 11.3 Å². The van der Waals surface area contributed by atoms with Gasteiger partial charge in [-0.1, -0.05) is 0 Å². The van der Waals surface area contributed by atoms with Gasteiger partial charge in [-0.2, -0.15) is 5.10 Å². The van der Waals surface area contributed by atoms with Crippen molar-refractivity contribution < 1.29 is 9.53 Å². The Morgan fingerprint density at radius 2 is 1.91 bits per heavy atom. The Balaban J connectivity index is 1.50. The standard InChI is InChI=1S/C21H19N7O5/c1-33-15-5-3-14(4-6-15)28-20(31)16(13-23-21(28)32)19(30)22-10-12-27-18(29)8-7-17(25-27)26-11-2-9-24-26/h2-9,11,13H,10,12H2,1H3,(H,22,30)(H,23,32). The van der Waals surface area contributed by atoms with E-state index in [2.05, 4.69) is 20.5 Å². The predicted molar refractivity (Wildman–Crippen MR) is 117 cm³/mol. The van der Waals surface area contributed by atoms with Crippen LogP contribution in [0.15, 0.2) is 75.4 Å². The van der Waals surface area contributed by atoms with Gasteiger partial charge in [0.2, 0.25) is 0 Å². The number of aromatic nitrogens is 6. The van der Waals surface area contributed by atoms with Crippen molar-refractivity contribution in [3.8, 4) is 17.3 Å². The molecule has 12 nitrogen and oxygen atoms in total. The second kappa shape index (κ2) is 9.18. The van der Waals surface area contributed by atoms with Crippen molar-refractivity contribution in [2.45, 2.75) is 6.54 Å². The van der Waals surface area contributed by atoms with Gasteiger partial charge >= 0.3 is 5.69 Å². The summed E-state index contributed by atoms with van der Waals surface area (Å²) in [5.74, 6) is 0.293. The van der Waals surface area contributed by atoms with Crippen LogP contribution in [0, 0.1) is 0 Å². The van der Waals surface area contributed by atoms with Gasteiger partial charge in [-0.25, -0.2) is 18.7 Å². The first-order valence-electron chi connectivity index (χ1n) is 9.83. The highest BCUT2D eigenvalue weighted by Crippen LogP contribution is 2.12. The molecule has 0 aliphatic carbocycles. The average molecular weight is 449 g/mol. The molecule has 12 heteroatoms. The van der Waals surface area contributed by atoms with E-state index in [1.54, 1.807) is 30.6 Å². The molecule has 0 radical (unpaired) electrons. The third-order valence-electron chi connectivity index (χ3n) is 4.75. The normalized spacial score (nSPS) is 10.7. The van der Waals surface area contributed by atoms with Crippen LogP contribution in [0.25, 0.3) is 11.5 Å². The largest absolute Gasteiger partial charge is 0.497 e. The van der Waals surface area contributed by atoms with Crippen molar-refractivity contribution in [2.75, 3.05) is 13.7 Å². The summed E-state index contributed by atoms with van der Waals surface area (Å²) in [7, 11) is 1.50. The number of H-pyrrole nitrogens is 1. The number of aromatic amines is 1. The van der Waals surface area contributed by atoms with Crippen LogP contribution in [0.4, 0.5) is 0 Å². The van der Waals surface area contributed by atoms with Crippen LogP contribution in [0.3, 0.4) is 0 Å². The fourth-order valence-electron chi connectivity index (χ4n) is 3.10. The molecule has 3 aromatic heterocycles. The summed E-state index contributed by atoms with van der Waals surface area (Å²) in [5, 5.41) is 10.8. The SMILES string of the molecule is COc1ccc(-n2c(=O)[nH]cc(C(=O)NCCn3nc(-n4cccn4)ccc3=O)c2=O)cc1. The van der Waals surface area contributed by atoms with Gasteiger partial charge in [-0.15, -0.1) is 5.10 Å². The number of ether oxygens (including phenoxy) is 1. The maximum Gasteiger partial charge on any atom is 0.333 e. The molecule has 4 aromatic rings. The summed E-state index contributed by atoms with van der Waals surface area (Å²) in [6.07, 6.45) is 4.33. The quantitative estimate of drug-likeness (QED) is 0.394. The van der Waals surface area contributed by atoms with Crippen molar-refractivity contribution >= 4 is 5.91 Å². The molecule has 0 unspecified atom stereocenters. The number of benzene rings is 1. The molecule has 0 saturated carbocycles. The molecule has 33 heavy (non-hydrogen) atoms. The van der Waals surface area contributed by atoms with E-state index < -0.39 is 17.2 Å². The molecule has 1 amide bonds. The van der Waals surface area contributed by atoms with Gasteiger partial charge in [0, 0.05) is 31.2 Å². The summed E-state index contributed by atoms with van der Waals surface area (Å²) in [4.78, 5) is 52.1. The van der Waals surface area contributed by atoms with Crippen molar-refractivity contribution in [3.63, 3.8) is 0 Å². The lowest BCUT2D eigenvalue weighted by Gasteiger charge is -2.10. The lowest BCUT2D eigenvalue weighted by atomic mass is 10.2. The maximum atomic E-state index is 12.8. The highest BCUT2D eigenvalue weighted by atomic mass is 16.5. The summed E-state index contributed by atoms with van der Waals surface area (Å²) in [6.45, 7) is 0.0884. The van der Waals surface area contributed by atoms with E-state index in [1.807, 2.05) is 0 Å². The van der Waals surface area contributed by atoms with Crippen LogP contribution in [0.2, 0.25) is 0 Å². The molecular weight excluding hydrogens is 430 g/mol. The Morgan fingerprint density at radius 1 is 1.12 bits per heavy atom. The Morgan fingerprint density at radius 3 is 2.61 bits per heavy atom. The number of rotatable bonds is 7. The second-order valence-electron chi connectivity index (χ2n) is 6.81. The number of nitrogens with one attached hydrogen (secondary N) is 2.